The van der Waals surface area contributed by atoms with Gasteiger partial charge in [0.25, 0.3) is 15.9 Å². The van der Waals surface area contributed by atoms with Crippen molar-refractivity contribution in [3.63, 3.8) is 0 Å². The number of carbonyl (C=O) groups excluding carboxylic acids is 1. The number of carbonyl (C=O) groups is 1. The molecule has 156 valence electrons. The van der Waals surface area contributed by atoms with E-state index in [4.69, 9.17) is 4.74 Å². The molecule has 4 aromatic rings. The second kappa shape index (κ2) is 8.49. The number of methoxy groups -OCH3 is 1. The lowest BCUT2D eigenvalue weighted by molar-refractivity contribution is 0.102. The summed E-state index contributed by atoms with van der Waals surface area (Å²) in [5, 5.41) is 4.75. The first-order chi connectivity index (χ1) is 15.0. The molecule has 4 rings (SSSR count). The smallest absolute Gasteiger partial charge is 0.262 e. The Labute approximate surface area is 180 Å². The third kappa shape index (κ3) is 4.51. The molecular weight excluding hydrogens is 412 g/mol. The average molecular weight is 433 g/mol. The zero-order chi connectivity index (χ0) is 21.8. The van der Waals surface area contributed by atoms with E-state index < -0.39 is 10.0 Å². The summed E-state index contributed by atoms with van der Waals surface area (Å²) in [6.45, 7) is 0. The molecule has 0 aliphatic heterocycles. The molecule has 0 radical (unpaired) electrons. The average Bonchev–Trinajstić information content (AvgIpc) is 2.79. The Kier molecular flexibility index (Phi) is 5.60. The van der Waals surface area contributed by atoms with Crippen molar-refractivity contribution in [1.82, 2.24) is 0 Å². The molecule has 6 nitrogen and oxygen atoms in total. The zero-order valence-electron chi connectivity index (χ0n) is 16.7. The molecule has 4 aromatic carbocycles. The number of ether oxygens (including phenoxy) is 1. The Morgan fingerprint density at radius 1 is 0.806 bits per heavy atom. The van der Waals surface area contributed by atoms with Gasteiger partial charge in [-0.3, -0.25) is 9.52 Å². The molecule has 2 N–H and O–H groups in total. The highest BCUT2D eigenvalue weighted by Gasteiger charge is 2.17. The van der Waals surface area contributed by atoms with Gasteiger partial charge in [0.1, 0.15) is 5.75 Å². The highest BCUT2D eigenvalue weighted by Crippen LogP contribution is 2.27. The summed E-state index contributed by atoms with van der Waals surface area (Å²) in [6.07, 6.45) is 0. The topological polar surface area (TPSA) is 84.5 Å². The molecule has 0 saturated heterocycles. The van der Waals surface area contributed by atoms with Gasteiger partial charge in [0, 0.05) is 11.3 Å². The van der Waals surface area contributed by atoms with Crippen molar-refractivity contribution in [2.24, 2.45) is 0 Å². The molecule has 0 spiro atoms. The molecule has 0 heterocycles. The molecule has 7 heteroatoms. The predicted octanol–water partition coefficient (Wildman–Crippen LogP) is 4.90. The summed E-state index contributed by atoms with van der Waals surface area (Å²) in [5.74, 6) is 0.0878. The number of sulfonamides is 1. The highest BCUT2D eigenvalue weighted by molar-refractivity contribution is 7.92. The summed E-state index contributed by atoms with van der Waals surface area (Å²) in [6, 6.07) is 26.0. The summed E-state index contributed by atoms with van der Waals surface area (Å²) in [4.78, 5) is 12.7. The van der Waals surface area contributed by atoms with Crippen molar-refractivity contribution in [2.75, 3.05) is 17.1 Å². The van der Waals surface area contributed by atoms with Crippen molar-refractivity contribution in [1.29, 1.82) is 0 Å². The third-order valence-corrected chi connectivity index (χ3v) is 6.13. The minimum Gasteiger partial charge on any atom is -0.495 e. The van der Waals surface area contributed by atoms with Gasteiger partial charge >= 0.3 is 0 Å². The van der Waals surface area contributed by atoms with Crippen LogP contribution >= 0.6 is 0 Å². The molecule has 31 heavy (non-hydrogen) atoms. The minimum absolute atomic E-state index is 0.0229. The Bertz CT molecular complexity index is 1370. The van der Waals surface area contributed by atoms with Crippen LogP contribution in [0.5, 0.6) is 5.75 Å². The Balaban J connectivity index is 1.56. The lowest BCUT2D eigenvalue weighted by Gasteiger charge is -2.13. The first-order valence-electron chi connectivity index (χ1n) is 9.52. The zero-order valence-corrected chi connectivity index (χ0v) is 17.5. The van der Waals surface area contributed by atoms with Gasteiger partial charge in [0.05, 0.1) is 17.7 Å². The SMILES string of the molecule is COc1ccccc1NS(=O)(=O)c1cccc(NC(=O)c2ccc3ccccc3c2)c1. The number of rotatable bonds is 6. The van der Waals surface area contributed by atoms with E-state index >= 15 is 0 Å². The van der Waals surface area contributed by atoms with Gasteiger partial charge in [-0.25, -0.2) is 8.42 Å². The number of para-hydroxylation sites is 2. The van der Waals surface area contributed by atoms with Gasteiger partial charge in [-0.05, 0) is 53.2 Å². The monoisotopic (exact) mass is 432 g/mol. The van der Waals surface area contributed by atoms with Crippen LogP contribution in [0.1, 0.15) is 10.4 Å². The van der Waals surface area contributed by atoms with E-state index in [1.165, 1.54) is 19.2 Å². The molecule has 1 amide bonds. The maximum absolute atomic E-state index is 12.8. The Hall–Kier alpha value is -3.84. The van der Waals surface area contributed by atoms with Crippen molar-refractivity contribution < 1.29 is 17.9 Å². The van der Waals surface area contributed by atoms with E-state index in [1.807, 2.05) is 30.3 Å². The molecule has 0 atom stereocenters. The number of benzene rings is 4. The molecule has 0 unspecified atom stereocenters. The fourth-order valence-corrected chi connectivity index (χ4v) is 4.32. The maximum atomic E-state index is 12.8. The van der Waals surface area contributed by atoms with Crippen molar-refractivity contribution in [3.8, 4) is 5.75 Å². The number of anilines is 2. The third-order valence-electron chi connectivity index (χ3n) is 4.77. The molecule has 0 fully saturated rings. The van der Waals surface area contributed by atoms with Crippen LogP contribution in [0.3, 0.4) is 0 Å². The van der Waals surface area contributed by atoms with Crippen molar-refractivity contribution in [3.05, 3.63) is 96.6 Å². The number of amides is 1. The van der Waals surface area contributed by atoms with E-state index in [-0.39, 0.29) is 10.8 Å². The fourth-order valence-electron chi connectivity index (χ4n) is 3.21. The summed E-state index contributed by atoms with van der Waals surface area (Å²) in [7, 11) is -2.41. The molecule has 0 aliphatic rings. The molecule has 0 aliphatic carbocycles. The lowest BCUT2D eigenvalue weighted by atomic mass is 10.1. The largest absolute Gasteiger partial charge is 0.495 e. The number of nitrogens with one attached hydrogen (secondary N) is 2. The van der Waals surface area contributed by atoms with E-state index in [2.05, 4.69) is 10.0 Å². The van der Waals surface area contributed by atoms with Gasteiger partial charge in [-0.1, -0.05) is 48.5 Å². The maximum Gasteiger partial charge on any atom is 0.262 e. The first-order valence-corrected chi connectivity index (χ1v) is 11.0. The standard InChI is InChI=1S/C24H20N2O4S/c1-30-23-12-5-4-11-22(23)26-31(28,29)21-10-6-9-20(16-21)25-24(27)19-14-13-17-7-2-3-8-18(17)15-19/h2-16,26H,1H3,(H,25,27). The van der Waals surface area contributed by atoms with Crippen molar-refractivity contribution >= 4 is 38.1 Å². The van der Waals surface area contributed by atoms with E-state index in [0.29, 0.717) is 22.7 Å². The van der Waals surface area contributed by atoms with Crippen LogP contribution in [-0.4, -0.2) is 21.4 Å². The summed E-state index contributed by atoms with van der Waals surface area (Å²) >= 11 is 0. The van der Waals surface area contributed by atoms with Crippen LogP contribution in [0.15, 0.2) is 95.9 Å². The van der Waals surface area contributed by atoms with Gasteiger partial charge in [0.2, 0.25) is 0 Å². The van der Waals surface area contributed by atoms with Crippen LogP contribution in [0, 0.1) is 0 Å². The molecule has 0 saturated carbocycles. The van der Waals surface area contributed by atoms with Crippen LogP contribution in [-0.2, 0) is 10.0 Å². The second-order valence-corrected chi connectivity index (χ2v) is 8.53. The minimum atomic E-state index is -3.88. The Morgan fingerprint density at radius 2 is 1.55 bits per heavy atom. The van der Waals surface area contributed by atoms with E-state index in [1.54, 1.807) is 48.5 Å². The van der Waals surface area contributed by atoms with E-state index in [0.717, 1.165) is 10.8 Å². The normalized spacial score (nSPS) is 11.1. The molecule has 0 aromatic heterocycles. The highest BCUT2D eigenvalue weighted by atomic mass is 32.2. The van der Waals surface area contributed by atoms with Crippen LogP contribution in [0.2, 0.25) is 0 Å². The number of hydrogen-bond acceptors (Lipinski definition) is 4. The van der Waals surface area contributed by atoms with Crippen LogP contribution < -0.4 is 14.8 Å². The van der Waals surface area contributed by atoms with Gasteiger partial charge in [0.15, 0.2) is 0 Å². The Morgan fingerprint density at radius 3 is 2.35 bits per heavy atom. The second-order valence-electron chi connectivity index (χ2n) is 6.85. The lowest BCUT2D eigenvalue weighted by Crippen LogP contribution is -2.15. The first kappa shape index (κ1) is 20.4. The molecular formula is C24H20N2O4S. The van der Waals surface area contributed by atoms with Crippen LogP contribution in [0.25, 0.3) is 10.8 Å². The van der Waals surface area contributed by atoms with Crippen LogP contribution in [0.4, 0.5) is 11.4 Å². The fraction of sp³-hybridized carbons (Fsp3) is 0.0417. The van der Waals surface area contributed by atoms with E-state index in [9.17, 15) is 13.2 Å². The summed E-state index contributed by atoms with van der Waals surface area (Å²) < 4.78 is 33.4. The van der Waals surface area contributed by atoms with Gasteiger partial charge in [-0.15, -0.1) is 0 Å². The summed E-state index contributed by atoms with van der Waals surface area (Å²) in [5.41, 5.74) is 1.19. The van der Waals surface area contributed by atoms with Crippen molar-refractivity contribution in [2.45, 2.75) is 4.90 Å². The number of fused-ring (bicyclic) bond motifs is 1. The quantitative estimate of drug-likeness (QED) is 0.454. The molecule has 0 bridgehead atoms. The predicted molar refractivity (Wildman–Crippen MR) is 122 cm³/mol. The number of hydrogen-bond donors (Lipinski definition) is 2. The van der Waals surface area contributed by atoms with Gasteiger partial charge < -0.3 is 10.1 Å². The van der Waals surface area contributed by atoms with Gasteiger partial charge in [-0.2, -0.15) is 0 Å².